The molecule has 1 aromatic carbocycles. The van der Waals surface area contributed by atoms with Crippen LogP contribution in [0.5, 0.6) is 5.75 Å². The molecule has 1 saturated carbocycles. The summed E-state index contributed by atoms with van der Waals surface area (Å²) in [7, 11) is 1.65. The van der Waals surface area contributed by atoms with Crippen molar-refractivity contribution in [2.75, 3.05) is 12.4 Å². The molecule has 2 rings (SSSR count). The molecule has 0 unspecified atom stereocenters. The molecule has 1 aliphatic carbocycles. The smallest absolute Gasteiger partial charge is 0.296 e. The molecule has 0 heterocycles. The molecule has 80 valence electrons. The van der Waals surface area contributed by atoms with Crippen molar-refractivity contribution in [1.29, 1.82) is 0 Å². The highest BCUT2D eigenvalue weighted by atomic mass is 16.6. The monoisotopic (exact) mass is 208 g/mol. The Morgan fingerprint density at radius 2 is 2.27 bits per heavy atom. The number of anilines is 1. The minimum atomic E-state index is -0.411. The lowest BCUT2D eigenvalue weighted by Gasteiger charge is -2.10. The van der Waals surface area contributed by atoms with Gasteiger partial charge in [0.05, 0.1) is 11.0 Å². The van der Waals surface area contributed by atoms with Gasteiger partial charge >= 0.3 is 0 Å². The first-order valence-corrected chi connectivity index (χ1v) is 4.84. The van der Waals surface area contributed by atoms with E-state index in [0.29, 0.717) is 11.4 Å². The molecule has 0 radical (unpaired) electrons. The maximum Gasteiger partial charge on any atom is 0.296 e. The van der Waals surface area contributed by atoms with E-state index in [9.17, 15) is 10.1 Å². The molecule has 1 aromatic rings. The van der Waals surface area contributed by atoms with Gasteiger partial charge in [0.25, 0.3) is 5.69 Å². The lowest BCUT2D eigenvalue weighted by atomic mass is 10.2. The van der Waals surface area contributed by atoms with Crippen LogP contribution in [0.4, 0.5) is 11.4 Å². The molecule has 5 heteroatoms. The third kappa shape index (κ3) is 2.01. The summed E-state index contributed by atoms with van der Waals surface area (Å²) in [5.41, 5.74) is 0.505. The van der Waals surface area contributed by atoms with Crippen LogP contribution in [0, 0.1) is 10.1 Å². The van der Waals surface area contributed by atoms with Crippen LogP contribution in [0.2, 0.25) is 0 Å². The van der Waals surface area contributed by atoms with Crippen molar-refractivity contribution in [1.82, 2.24) is 0 Å². The summed E-state index contributed by atoms with van der Waals surface area (Å²) < 4.78 is 5.57. The second-order valence-corrected chi connectivity index (χ2v) is 3.47. The Kier molecular flexibility index (Phi) is 2.45. The van der Waals surface area contributed by atoms with Crippen molar-refractivity contribution < 1.29 is 9.66 Å². The van der Waals surface area contributed by atoms with Crippen LogP contribution in [-0.2, 0) is 0 Å². The zero-order chi connectivity index (χ0) is 10.8. The Hall–Kier alpha value is -1.78. The molecule has 0 atom stereocenters. The summed E-state index contributed by atoms with van der Waals surface area (Å²) >= 11 is 0. The Morgan fingerprint density at radius 3 is 2.80 bits per heavy atom. The number of nitro groups is 1. The zero-order valence-corrected chi connectivity index (χ0v) is 8.40. The van der Waals surface area contributed by atoms with Gasteiger partial charge in [0.2, 0.25) is 0 Å². The van der Waals surface area contributed by atoms with Crippen LogP contribution >= 0.6 is 0 Å². The number of nitrogens with zero attached hydrogens (tertiary/aromatic N) is 1. The van der Waals surface area contributed by atoms with E-state index >= 15 is 0 Å². The average molecular weight is 208 g/mol. The summed E-state index contributed by atoms with van der Waals surface area (Å²) in [6.07, 6.45) is 2.30. The predicted molar refractivity (Wildman–Crippen MR) is 56.3 cm³/mol. The average Bonchev–Trinajstić information content (AvgIpc) is 3.01. The third-order valence-corrected chi connectivity index (χ3v) is 2.27. The van der Waals surface area contributed by atoms with Crippen molar-refractivity contribution in [3.8, 4) is 5.75 Å². The van der Waals surface area contributed by atoms with Crippen LogP contribution in [-0.4, -0.2) is 18.1 Å². The second-order valence-electron chi connectivity index (χ2n) is 3.47. The van der Waals surface area contributed by atoms with E-state index in [0.717, 1.165) is 12.8 Å². The Morgan fingerprint density at radius 1 is 1.53 bits per heavy atom. The fourth-order valence-corrected chi connectivity index (χ4v) is 1.39. The lowest BCUT2D eigenvalue weighted by Crippen LogP contribution is -2.02. The van der Waals surface area contributed by atoms with Gasteiger partial charge in [0.1, 0.15) is 5.75 Å². The van der Waals surface area contributed by atoms with E-state index in [1.54, 1.807) is 19.2 Å². The van der Waals surface area contributed by atoms with E-state index in [-0.39, 0.29) is 11.8 Å². The summed E-state index contributed by atoms with van der Waals surface area (Å²) in [6, 6.07) is 4.85. The SMILES string of the molecule is CNc1c(OC2CC2)cccc1[N+](=O)[O-]. The summed E-state index contributed by atoms with van der Waals surface area (Å²) in [6.45, 7) is 0. The maximum absolute atomic E-state index is 10.7. The molecule has 1 N–H and O–H groups in total. The number of para-hydroxylation sites is 1. The largest absolute Gasteiger partial charge is 0.488 e. The van der Waals surface area contributed by atoms with Gasteiger partial charge in [-0.25, -0.2) is 0 Å². The van der Waals surface area contributed by atoms with Crippen LogP contribution < -0.4 is 10.1 Å². The number of nitro benzene ring substituents is 1. The molecule has 0 aromatic heterocycles. The Balaban J connectivity index is 2.34. The van der Waals surface area contributed by atoms with E-state index in [1.807, 2.05) is 0 Å². The second kappa shape index (κ2) is 3.76. The molecule has 0 bridgehead atoms. The van der Waals surface area contributed by atoms with E-state index < -0.39 is 4.92 Å². The Bertz CT molecular complexity index is 388. The van der Waals surface area contributed by atoms with Crippen molar-refractivity contribution in [3.63, 3.8) is 0 Å². The van der Waals surface area contributed by atoms with Gasteiger partial charge in [-0.05, 0) is 18.9 Å². The Labute approximate surface area is 87.2 Å². The first kappa shape index (κ1) is 9.76. The normalized spacial score (nSPS) is 14.7. The molecule has 0 amide bonds. The van der Waals surface area contributed by atoms with Crippen LogP contribution in [0.25, 0.3) is 0 Å². The van der Waals surface area contributed by atoms with Crippen LogP contribution in [0.3, 0.4) is 0 Å². The summed E-state index contributed by atoms with van der Waals surface area (Å²) in [4.78, 5) is 10.3. The van der Waals surface area contributed by atoms with E-state index in [1.165, 1.54) is 6.07 Å². The van der Waals surface area contributed by atoms with E-state index in [2.05, 4.69) is 5.32 Å². The topological polar surface area (TPSA) is 64.4 Å². The first-order chi connectivity index (χ1) is 7.22. The molecule has 5 nitrogen and oxygen atoms in total. The van der Waals surface area contributed by atoms with Crippen molar-refractivity contribution >= 4 is 11.4 Å². The molecule has 1 aliphatic rings. The number of hydrogen-bond donors (Lipinski definition) is 1. The molecular formula is C10H12N2O3. The van der Waals surface area contributed by atoms with Gasteiger partial charge in [-0.1, -0.05) is 6.07 Å². The number of rotatable bonds is 4. The minimum Gasteiger partial charge on any atom is -0.488 e. The highest BCUT2D eigenvalue weighted by Crippen LogP contribution is 2.37. The highest BCUT2D eigenvalue weighted by Gasteiger charge is 2.26. The van der Waals surface area contributed by atoms with Gasteiger partial charge in [-0.3, -0.25) is 10.1 Å². The molecule has 0 aliphatic heterocycles. The van der Waals surface area contributed by atoms with Gasteiger partial charge in [-0.2, -0.15) is 0 Å². The molecule has 0 saturated heterocycles. The van der Waals surface area contributed by atoms with E-state index in [4.69, 9.17) is 4.74 Å². The standard InChI is InChI=1S/C10H12N2O3/c1-11-10-8(12(13)14)3-2-4-9(10)15-7-5-6-7/h2-4,7,11H,5-6H2,1H3. The molecule has 1 fully saturated rings. The molecule has 0 spiro atoms. The quantitative estimate of drug-likeness (QED) is 0.608. The van der Waals surface area contributed by atoms with Crippen molar-refractivity contribution in [2.24, 2.45) is 0 Å². The minimum absolute atomic E-state index is 0.0515. The van der Waals surface area contributed by atoms with Crippen molar-refractivity contribution in [3.05, 3.63) is 28.3 Å². The third-order valence-electron chi connectivity index (χ3n) is 2.27. The predicted octanol–water partition coefficient (Wildman–Crippen LogP) is 2.18. The summed E-state index contributed by atoms with van der Waals surface area (Å²) in [5.74, 6) is 0.564. The zero-order valence-electron chi connectivity index (χ0n) is 8.40. The fraction of sp³-hybridized carbons (Fsp3) is 0.400. The first-order valence-electron chi connectivity index (χ1n) is 4.84. The highest BCUT2D eigenvalue weighted by molar-refractivity contribution is 5.69. The van der Waals surface area contributed by atoms with Crippen LogP contribution in [0.15, 0.2) is 18.2 Å². The fourth-order valence-electron chi connectivity index (χ4n) is 1.39. The number of nitrogens with one attached hydrogen (secondary N) is 1. The molecular weight excluding hydrogens is 196 g/mol. The number of ether oxygens (including phenoxy) is 1. The summed E-state index contributed by atoms with van der Waals surface area (Å²) in [5, 5.41) is 13.6. The van der Waals surface area contributed by atoms with Gasteiger partial charge in [-0.15, -0.1) is 0 Å². The maximum atomic E-state index is 10.7. The number of hydrogen-bond acceptors (Lipinski definition) is 4. The van der Waals surface area contributed by atoms with Crippen LogP contribution in [0.1, 0.15) is 12.8 Å². The molecule has 15 heavy (non-hydrogen) atoms. The lowest BCUT2D eigenvalue weighted by molar-refractivity contribution is -0.384. The number of benzene rings is 1. The van der Waals surface area contributed by atoms with Gasteiger partial charge in [0.15, 0.2) is 5.69 Å². The van der Waals surface area contributed by atoms with Gasteiger partial charge in [0, 0.05) is 13.1 Å². The van der Waals surface area contributed by atoms with Crippen molar-refractivity contribution in [2.45, 2.75) is 18.9 Å². The van der Waals surface area contributed by atoms with Gasteiger partial charge < -0.3 is 10.1 Å².